The van der Waals surface area contributed by atoms with Crippen LogP contribution in [0.3, 0.4) is 0 Å². The molecule has 0 spiro atoms. The molecule has 0 aliphatic heterocycles. The highest BCUT2D eigenvalue weighted by Crippen LogP contribution is 2.13. The van der Waals surface area contributed by atoms with Gasteiger partial charge in [0.25, 0.3) is 0 Å². The van der Waals surface area contributed by atoms with E-state index in [1.54, 1.807) is 0 Å². The third-order valence-electron chi connectivity index (χ3n) is 3.16. The lowest BCUT2D eigenvalue weighted by atomic mass is 10.1. The van der Waals surface area contributed by atoms with Crippen LogP contribution in [0.2, 0.25) is 0 Å². The summed E-state index contributed by atoms with van der Waals surface area (Å²) in [5.41, 5.74) is 8.72. The number of amides is 1. The van der Waals surface area contributed by atoms with Crippen LogP contribution in [0.1, 0.15) is 23.1 Å². The molecule has 3 heteroatoms. The number of hydrogen-bond acceptors (Lipinski definition) is 2. The number of nitrogens with two attached hydrogens (primary N) is 1. The van der Waals surface area contributed by atoms with E-state index in [4.69, 9.17) is 5.73 Å². The fourth-order valence-corrected chi connectivity index (χ4v) is 2.02. The average Bonchev–Trinajstić information content (AvgIpc) is 2.53. The van der Waals surface area contributed by atoms with E-state index in [9.17, 15) is 4.79 Å². The smallest absolute Gasteiger partial charge is 0.221 e. The van der Waals surface area contributed by atoms with Crippen LogP contribution in [-0.4, -0.2) is 12.5 Å². The first kappa shape index (κ1) is 15.0. The van der Waals surface area contributed by atoms with Gasteiger partial charge in [-0.3, -0.25) is 4.79 Å². The first-order valence-electron chi connectivity index (χ1n) is 7.07. The first-order chi connectivity index (χ1) is 10.3. The second-order valence-corrected chi connectivity index (χ2v) is 4.76. The van der Waals surface area contributed by atoms with Crippen molar-refractivity contribution in [3.63, 3.8) is 0 Å². The summed E-state index contributed by atoms with van der Waals surface area (Å²) in [5, 5.41) is 2.89. The van der Waals surface area contributed by atoms with Crippen molar-refractivity contribution in [3.8, 4) is 0 Å². The van der Waals surface area contributed by atoms with Gasteiger partial charge in [-0.25, -0.2) is 0 Å². The number of hydrogen-bond donors (Lipinski definition) is 2. The summed E-state index contributed by atoms with van der Waals surface area (Å²) in [6.45, 7) is 0.898. The van der Waals surface area contributed by atoms with E-state index in [0.717, 1.165) is 16.7 Å². The SMILES string of the molecule is NCCC(=O)NCc1ccccc1/C=C\c1ccccc1. The molecule has 0 aromatic heterocycles. The van der Waals surface area contributed by atoms with Crippen molar-refractivity contribution < 1.29 is 4.79 Å². The van der Waals surface area contributed by atoms with Gasteiger partial charge in [-0.1, -0.05) is 66.7 Å². The molecule has 2 aromatic rings. The van der Waals surface area contributed by atoms with Crippen LogP contribution in [0.25, 0.3) is 12.2 Å². The normalized spacial score (nSPS) is 10.7. The molecule has 0 fully saturated rings. The van der Waals surface area contributed by atoms with E-state index in [-0.39, 0.29) is 5.91 Å². The van der Waals surface area contributed by atoms with Crippen molar-refractivity contribution in [2.75, 3.05) is 6.54 Å². The van der Waals surface area contributed by atoms with Crippen LogP contribution in [0, 0.1) is 0 Å². The lowest BCUT2D eigenvalue weighted by Gasteiger charge is -2.08. The highest BCUT2D eigenvalue weighted by Gasteiger charge is 2.02. The summed E-state index contributed by atoms with van der Waals surface area (Å²) < 4.78 is 0. The van der Waals surface area contributed by atoms with E-state index < -0.39 is 0 Å². The Bertz CT molecular complexity index is 606. The first-order valence-corrected chi connectivity index (χ1v) is 7.07. The van der Waals surface area contributed by atoms with Gasteiger partial charge >= 0.3 is 0 Å². The van der Waals surface area contributed by atoms with Gasteiger partial charge in [-0.15, -0.1) is 0 Å². The van der Waals surface area contributed by atoms with E-state index in [1.165, 1.54) is 0 Å². The van der Waals surface area contributed by atoms with Gasteiger partial charge < -0.3 is 11.1 Å². The molecule has 2 aromatic carbocycles. The number of rotatable bonds is 6. The van der Waals surface area contributed by atoms with Crippen LogP contribution in [0.5, 0.6) is 0 Å². The molecule has 3 N–H and O–H groups in total. The van der Waals surface area contributed by atoms with E-state index >= 15 is 0 Å². The highest BCUT2D eigenvalue weighted by atomic mass is 16.1. The number of carbonyl (C=O) groups is 1. The Morgan fingerprint density at radius 1 is 1.00 bits per heavy atom. The minimum atomic E-state index is -0.0145. The minimum Gasteiger partial charge on any atom is -0.352 e. The summed E-state index contributed by atoms with van der Waals surface area (Å²) in [7, 11) is 0. The Morgan fingerprint density at radius 2 is 1.71 bits per heavy atom. The van der Waals surface area contributed by atoms with Gasteiger partial charge in [-0.05, 0) is 16.7 Å². The lowest BCUT2D eigenvalue weighted by Crippen LogP contribution is -2.25. The number of nitrogens with one attached hydrogen (secondary N) is 1. The quantitative estimate of drug-likeness (QED) is 0.799. The molecule has 0 saturated heterocycles. The summed E-state index contributed by atoms with van der Waals surface area (Å²) in [6, 6.07) is 18.2. The fourth-order valence-electron chi connectivity index (χ4n) is 2.02. The van der Waals surface area contributed by atoms with Crippen LogP contribution in [0.4, 0.5) is 0 Å². The minimum absolute atomic E-state index is 0.0145. The Balaban J connectivity index is 2.06. The Hall–Kier alpha value is -2.39. The van der Waals surface area contributed by atoms with Crippen LogP contribution >= 0.6 is 0 Å². The van der Waals surface area contributed by atoms with Crippen molar-refractivity contribution in [2.45, 2.75) is 13.0 Å². The van der Waals surface area contributed by atoms with Crippen molar-refractivity contribution in [1.29, 1.82) is 0 Å². The summed E-state index contributed by atoms with van der Waals surface area (Å²) in [6.07, 6.45) is 4.50. The monoisotopic (exact) mass is 280 g/mol. The predicted molar refractivity (Wildman–Crippen MR) is 87.3 cm³/mol. The maximum atomic E-state index is 11.5. The molecule has 0 unspecified atom stereocenters. The van der Waals surface area contributed by atoms with Gasteiger partial charge in [0.2, 0.25) is 5.91 Å². The largest absolute Gasteiger partial charge is 0.352 e. The number of benzene rings is 2. The zero-order valence-electron chi connectivity index (χ0n) is 12.0. The molecule has 1 amide bonds. The Labute approximate surface area is 125 Å². The molecule has 2 rings (SSSR count). The van der Waals surface area contributed by atoms with Gasteiger partial charge in [0.05, 0.1) is 0 Å². The second-order valence-electron chi connectivity index (χ2n) is 4.76. The molecule has 3 nitrogen and oxygen atoms in total. The molecule has 0 heterocycles. The van der Waals surface area contributed by atoms with Gasteiger partial charge in [0.15, 0.2) is 0 Å². The predicted octanol–water partition coefficient (Wildman–Crippen LogP) is 2.82. The fraction of sp³-hybridized carbons (Fsp3) is 0.167. The average molecular weight is 280 g/mol. The van der Waals surface area contributed by atoms with Crippen LogP contribution in [0.15, 0.2) is 54.6 Å². The molecule has 0 aliphatic carbocycles. The van der Waals surface area contributed by atoms with Crippen LogP contribution < -0.4 is 11.1 Å². The maximum absolute atomic E-state index is 11.5. The third-order valence-corrected chi connectivity index (χ3v) is 3.16. The lowest BCUT2D eigenvalue weighted by molar-refractivity contribution is -0.121. The summed E-state index contributed by atoms with van der Waals surface area (Å²) >= 11 is 0. The molecule has 108 valence electrons. The summed E-state index contributed by atoms with van der Waals surface area (Å²) in [4.78, 5) is 11.5. The van der Waals surface area contributed by atoms with Gasteiger partial charge in [0, 0.05) is 19.5 Å². The van der Waals surface area contributed by atoms with E-state index in [2.05, 4.69) is 29.6 Å². The van der Waals surface area contributed by atoms with Crippen molar-refractivity contribution >= 4 is 18.1 Å². The van der Waals surface area contributed by atoms with Crippen molar-refractivity contribution in [3.05, 3.63) is 71.3 Å². The molecule has 21 heavy (non-hydrogen) atoms. The van der Waals surface area contributed by atoms with Crippen LogP contribution in [-0.2, 0) is 11.3 Å². The van der Waals surface area contributed by atoms with E-state index in [0.29, 0.717) is 19.5 Å². The molecule has 0 aliphatic rings. The zero-order chi connectivity index (χ0) is 14.9. The number of carbonyl (C=O) groups excluding carboxylic acids is 1. The standard InChI is InChI=1S/C18H20N2O/c19-13-12-18(21)20-14-17-9-5-4-8-16(17)11-10-15-6-2-1-3-7-15/h1-11H,12-14,19H2,(H,20,21)/b11-10-. The Morgan fingerprint density at radius 3 is 2.48 bits per heavy atom. The van der Waals surface area contributed by atoms with Gasteiger partial charge in [0.1, 0.15) is 0 Å². The Kier molecular flexibility index (Phi) is 5.73. The van der Waals surface area contributed by atoms with Crippen molar-refractivity contribution in [2.24, 2.45) is 5.73 Å². The molecule has 0 atom stereocenters. The molecule has 0 saturated carbocycles. The molecular weight excluding hydrogens is 260 g/mol. The highest BCUT2D eigenvalue weighted by molar-refractivity contribution is 5.76. The second kappa shape index (κ2) is 8.02. The third kappa shape index (κ3) is 4.89. The van der Waals surface area contributed by atoms with E-state index in [1.807, 2.05) is 42.5 Å². The van der Waals surface area contributed by atoms with Gasteiger partial charge in [-0.2, -0.15) is 0 Å². The molecule has 0 bridgehead atoms. The zero-order valence-corrected chi connectivity index (χ0v) is 12.0. The molecule has 0 radical (unpaired) electrons. The topological polar surface area (TPSA) is 55.1 Å². The summed E-state index contributed by atoms with van der Waals surface area (Å²) in [5.74, 6) is -0.0145. The maximum Gasteiger partial charge on any atom is 0.221 e. The molecular formula is C18H20N2O. The van der Waals surface area contributed by atoms with Crippen molar-refractivity contribution in [1.82, 2.24) is 5.32 Å².